The number of esters is 1. The lowest BCUT2D eigenvalue weighted by molar-refractivity contribution is -0.143. The third-order valence-corrected chi connectivity index (χ3v) is 5.04. The lowest BCUT2D eigenvalue weighted by atomic mass is 10.0. The molecule has 0 bridgehead atoms. The van der Waals surface area contributed by atoms with E-state index in [1.807, 2.05) is 6.92 Å². The van der Waals surface area contributed by atoms with E-state index in [2.05, 4.69) is 4.98 Å². The molecule has 0 radical (unpaired) electrons. The molecule has 0 fully saturated rings. The number of carbonyl (C=O) groups is 1. The summed E-state index contributed by atoms with van der Waals surface area (Å²) in [5, 5.41) is 9.84. The standard InChI is InChI=1S/C24H19F6N3O2/c1-2-3-7-35-22(34)16(12-31)10-17-14-33(21-20(17)5-4-6-32-21)13-15-8-18(23(25,26)27)11-19(9-15)24(28,29)30/h4-6,8-11,14H,2-3,7,13H2,1H3/b16-10+. The maximum absolute atomic E-state index is 13.2. The van der Waals surface area contributed by atoms with Gasteiger partial charge >= 0.3 is 18.3 Å². The number of pyridine rings is 1. The smallest absolute Gasteiger partial charge is 0.416 e. The van der Waals surface area contributed by atoms with Crippen LogP contribution in [0.1, 0.15) is 42.0 Å². The molecular weight excluding hydrogens is 476 g/mol. The van der Waals surface area contributed by atoms with Gasteiger partial charge in [-0.2, -0.15) is 31.6 Å². The van der Waals surface area contributed by atoms with Crippen LogP contribution in [0.2, 0.25) is 0 Å². The SMILES string of the molecule is CCCCOC(=O)/C(C#N)=C/c1cn(Cc2cc(C(F)(F)F)cc(C(F)(F)F)c2)c2ncccc12. The van der Waals surface area contributed by atoms with E-state index < -0.39 is 29.4 Å². The molecule has 3 aromatic rings. The average Bonchev–Trinajstić information content (AvgIpc) is 3.13. The van der Waals surface area contributed by atoms with Gasteiger partial charge < -0.3 is 9.30 Å². The van der Waals surface area contributed by atoms with Gasteiger partial charge in [-0.05, 0) is 48.4 Å². The summed E-state index contributed by atoms with van der Waals surface area (Å²) in [6.07, 6.45) is -4.48. The number of alkyl halides is 6. The van der Waals surface area contributed by atoms with E-state index in [0.717, 1.165) is 6.42 Å². The van der Waals surface area contributed by atoms with Gasteiger partial charge in [0.1, 0.15) is 17.3 Å². The van der Waals surface area contributed by atoms with Gasteiger partial charge in [0.2, 0.25) is 0 Å². The summed E-state index contributed by atoms with van der Waals surface area (Å²) in [4.78, 5) is 16.4. The van der Waals surface area contributed by atoms with Crippen LogP contribution in [-0.4, -0.2) is 22.1 Å². The zero-order chi connectivity index (χ0) is 25.8. The Labute approximate surface area is 196 Å². The lowest BCUT2D eigenvalue weighted by Gasteiger charge is -2.14. The Balaban J connectivity index is 2.05. The Morgan fingerprint density at radius 1 is 1.14 bits per heavy atom. The summed E-state index contributed by atoms with van der Waals surface area (Å²) in [5.74, 6) is -0.835. The number of halogens is 6. The maximum atomic E-state index is 13.2. The van der Waals surface area contributed by atoms with Crippen LogP contribution in [-0.2, 0) is 28.4 Å². The second-order valence-electron chi connectivity index (χ2n) is 7.66. The highest BCUT2D eigenvalue weighted by molar-refractivity contribution is 6.00. The van der Waals surface area contributed by atoms with E-state index in [9.17, 15) is 36.4 Å². The molecule has 0 amide bonds. The van der Waals surface area contributed by atoms with Crippen molar-refractivity contribution in [3.05, 3.63) is 70.6 Å². The minimum Gasteiger partial charge on any atom is -0.462 e. The summed E-state index contributed by atoms with van der Waals surface area (Å²) in [6, 6.07) is 6.28. The summed E-state index contributed by atoms with van der Waals surface area (Å²) in [7, 11) is 0. The number of aromatic nitrogens is 2. The first kappa shape index (κ1) is 25.8. The van der Waals surface area contributed by atoms with Crippen molar-refractivity contribution in [2.45, 2.75) is 38.7 Å². The van der Waals surface area contributed by atoms with Crippen LogP contribution in [0.25, 0.3) is 17.1 Å². The number of hydrogen-bond acceptors (Lipinski definition) is 4. The van der Waals surface area contributed by atoms with Gasteiger partial charge in [-0.15, -0.1) is 0 Å². The lowest BCUT2D eigenvalue weighted by Crippen LogP contribution is -2.12. The third kappa shape index (κ3) is 6.20. The molecule has 11 heteroatoms. The van der Waals surface area contributed by atoms with Crippen LogP contribution in [0.15, 0.2) is 48.3 Å². The Kier molecular flexibility index (Phi) is 7.53. The number of nitriles is 1. The highest BCUT2D eigenvalue weighted by Crippen LogP contribution is 2.36. The van der Waals surface area contributed by atoms with Gasteiger partial charge in [0, 0.05) is 29.9 Å². The minimum atomic E-state index is -4.97. The highest BCUT2D eigenvalue weighted by Gasteiger charge is 2.37. The highest BCUT2D eigenvalue weighted by atomic mass is 19.4. The Morgan fingerprint density at radius 2 is 1.80 bits per heavy atom. The second-order valence-corrected chi connectivity index (χ2v) is 7.66. The maximum Gasteiger partial charge on any atom is 0.416 e. The van der Waals surface area contributed by atoms with Crippen molar-refractivity contribution >= 4 is 23.1 Å². The van der Waals surface area contributed by atoms with Crippen molar-refractivity contribution in [1.29, 1.82) is 5.26 Å². The van der Waals surface area contributed by atoms with Gasteiger partial charge in [-0.1, -0.05) is 13.3 Å². The fourth-order valence-corrected chi connectivity index (χ4v) is 3.37. The Hall–Kier alpha value is -3.81. The predicted octanol–water partition coefficient (Wildman–Crippen LogP) is 6.37. The Morgan fingerprint density at radius 3 is 2.37 bits per heavy atom. The van der Waals surface area contributed by atoms with E-state index in [1.54, 1.807) is 18.2 Å². The summed E-state index contributed by atoms with van der Waals surface area (Å²) >= 11 is 0. The van der Waals surface area contributed by atoms with Crippen LogP contribution in [0.3, 0.4) is 0 Å². The number of carbonyl (C=O) groups excluding carboxylic acids is 1. The number of benzene rings is 1. The molecule has 2 heterocycles. The normalized spacial score (nSPS) is 12.6. The molecule has 0 saturated heterocycles. The third-order valence-electron chi connectivity index (χ3n) is 5.04. The van der Waals surface area contributed by atoms with Crippen LogP contribution < -0.4 is 0 Å². The first-order valence-electron chi connectivity index (χ1n) is 10.4. The molecule has 35 heavy (non-hydrogen) atoms. The van der Waals surface area contributed by atoms with Gasteiger partial charge in [0.25, 0.3) is 0 Å². The fourth-order valence-electron chi connectivity index (χ4n) is 3.37. The zero-order valence-electron chi connectivity index (χ0n) is 18.4. The van der Waals surface area contributed by atoms with Crippen molar-refractivity contribution in [1.82, 2.24) is 9.55 Å². The van der Waals surface area contributed by atoms with E-state index in [0.29, 0.717) is 29.5 Å². The number of unbranched alkanes of at least 4 members (excludes halogenated alkanes) is 1. The first-order valence-corrected chi connectivity index (χ1v) is 10.4. The molecule has 0 saturated carbocycles. The van der Waals surface area contributed by atoms with E-state index >= 15 is 0 Å². The van der Waals surface area contributed by atoms with E-state index in [1.165, 1.54) is 23.0 Å². The molecule has 0 aliphatic carbocycles. The number of ether oxygens (including phenoxy) is 1. The van der Waals surface area contributed by atoms with E-state index in [4.69, 9.17) is 4.74 Å². The van der Waals surface area contributed by atoms with Crippen molar-refractivity contribution in [2.24, 2.45) is 0 Å². The topological polar surface area (TPSA) is 67.9 Å². The molecule has 0 unspecified atom stereocenters. The molecule has 0 atom stereocenters. The quantitative estimate of drug-likeness (QED) is 0.126. The van der Waals surface area contributed by atoms with Gasteiger partial charge in [-0.3, -0.25) is 0 Å². The molecule has 1 aromatic carbocycles. The number of nitrogens with zero attached hydrogens (tertiary/aromatic N) is 3. The molecule has 184 valence electrons. The molecular formula is C24H19F6N3O2. The van der Waals surface area contributed by atoms with Crippen molar-refractivity contribution in [3.8, 4) is 6.07 Å². The van der Waals surface area contributed by atoms with Crippen LogP contribution >= 0.6 is 0 Å². The monoisotopic (exact) mass is 495 g/mol. The molecule has 0 aliphatic heterocycles. The summed E-state index contributed by atoms with van der Waals surface area (Å²) < 4.78 is 85.8. The summed E-state index contributed by atoms with van der Waals surface area (Å²) in [6.45, 7) is 1.67. The first-order chi connectivity index (χ1) is 16.4. The number of hydrogen-bond donors (Lipinski definition) is 0. The molecule has 3 rings (SSSR count). The van der Waals surface area contributed by atoms with Crippen molar-refractivity contribution in [2.75, 3.05) is 6.61 Å². The predicted molar refractivity (Wildman–Crippen MR) is 115 cm³/mol. The summed E-state index contributed by atoms with van der Waals surface area (Å²) in [5.41, 5.74) is -2.81. The molecule has 0 spiro atoms. The van der Waals surface area contributed by atoms with Gasteiger partial charge in [0.15, 0.2) is 0 Å². The van der Waals surface area contributed by atoms with Crippen LogP contribution in [0.4, 0.5) is 26.3 Å². The minimum absolute atomic E-state index is 0.0625. The van der Waals surface area contributed by atoms with E-state index in [-0.39, 0.29) is 36.0 Å². The number of fused-ring (bicyclic) bond motifs is 1. The molecule has 0 aliphatic rings. The van der Waals surface area contributed by atoms with Gasteiger partial charge in [0.05, 0.1) is 17.7 Å². The zero-order valence-corrected chi connectivity index (χ0v) is 18.4. The largest absolute Gasteiger partial charge is 0.462 e. The number of rotatable bonds is 7. The van der Waals surface area contributed by atoms with Crippen LogP contribution in [0.5, 0.6) is 0 Å². The molecule has 0 N–H and O–H groups in total. The van der Waals surface area contributed by atoms with Crippen molar-refractivity contribution < 1.29 is 35.9 Å². The van der Waals surface area contributed by atoms with Crippen molar-refractivity contribution in [3.63, 3.8) is 0 Å². The second kappa shape index (κ2) is 10.2. The Bertz CT molecular complexity index is 1270. The van der Waals surface area contributed by atoms with Crippen LogP contribution in [0, 0.1) is 11.3 Å². The fraction of sp³-hybridized carbons (Fsp3) is 0.292. The molecule has 2 aromatic heterocycles. The molecule has 5 nitrogen and oxygen atoms in total. The average molecular weight is 495 g/mol. The van der Waals surface area contributed by atoms with Gasteiger partial charge in [-0.25, -0.2) is 9.78 Å².